The molecule has 0 unspecified atom stereocenters. The molecule has 0 aromatic carbocycles. The van der Waals surface area contributed by atoms with Crippen molar-refractivity contribution in [2.75, 3.05) is 21.2 Å². The Balaban J connectivity index is 2.46. The summed E-state index contributed by atoms with van der Waals surface area (Å²) < 4.78 is 6.99. The molecule has 5 heteroatoms. The molecule has 0 N–H and O–H groups in total. The van der Waals surface area contributed by atoms with Crippen molar-refractivity contribution in [1.82, 2.24) is 14.3 Å². The summed E-state index contributed by atoms with van der Waals surface area (Å²) in [4.78, 5) is 18.1. The molecule has 0 amide bonds. The number of hydrogen-bond donors (Lipinski definition) is 0. The lowest BCUT2D eigenvalue weighted by molar-refractivity contribution is -0.111. The first kappa shape index (κ1) is 14.3. The third-order valence-electron chi connectivity index (χ3n) is 2.87. The van der Waals surface area contributed by atoms with E-state index in [1.807, 2.05) is 54.1 Å². The van der Waals surface area contributed by atoms with Crippen LogP contribution in [-0.2, 0) is 16.1 Å². The molecule has 0 bridgehead atoms. The van der Waals surface area contributed by atoms with Crippen LogP contribution in [0.3, 0.4) is 0 Å². The summed E-state index contributed by atoms with van der Waals surface area (Å²) in [5.74, 6) is 0.0373. The molecule has 5 nitrogen and oxygen atoms in total. The van der Waals surface area contributed by atoms with Crippen LogP contribution in [0, 0.1) is 0 Å². The van der Waals surface area contributed by atoms with E-state index in [9.17, 15) is 4.79 Å². The van der Waals surface area contributed by atoms with Gasteiger partial charge in [-0.25, -0.2) is 4.98 Å². The van der Waals surface area contributed by atoms with Gasteiger partial charge in [-0.05, 0) is 19.1 Å². The maximum absolute atomic E-state index is 11.8. The third kappa shape index (κ3) is 3.05. The molecular weight excluding hydrogens is 254 g/mol. The van der Waals surface area contributed by atoms with E-state index in [0.717, 1.165) is 16.9 Å². The molecule has 0 radical (unpaired) electrons. The highest BCUT2D eigenvalue weighted by molar-refractivity contribution is 6.19. The molecule has 0 atom stereocenters. The van der Waals surface area contributed by atoms with Gasteiger partial charge in [0.05, 0.1) is 12.3 Å². The Labute approximate surface area is 118 Å². The van der Waals surface area contributed by atoms with Crippen LogP contribution in [0.2, 0.25) is 0 Å². The Kier molecular flexibility index (Phi) is 4.20. The first-order valence-corrected chi connectivity index (χ1v) is 6.37. The largest absolute Gasteiger partial charge is 0.383 e. The number of rotatable bonds is 5. The molecule has 2 aromatic rings. The van der Waals surface area contributed by atoms with Gasteiger partial charge in [0.1, 0.15) is 5.65 Å². The highest BCUT2D eigenvalue weighted by Gasteiger charge is 2.10. The third-order valence-corrected chi connectivity index (χ3v) is 2.87. The molecule has 2 rings (SSSR count). The van der Waals surface area contributed by atoms with Crippen LogP contribution in [0.5, 0.6) is 0 Å². The maximum atomic E-state index is 11.8. The van der Waals surface area contributed by atoms with E-state index in [1.165, 1.54) is 0 Å². The highest BCUT2D eigenvalue weighted by Crippen LogP contribution is 2.17. The zero-order chi connectivity index (χ0) is 14.7. The van der Waals surface area contributed by atoms with E-state index in [2.05, 4.69) is 4.98 Å². The summed E-state index contributed by atoms with van der Waals surface area (Å²) in [5, 5.41) is 0. The highest BCUT2D eigenvalue weighted by atomic mass is 16.5. The standard InChI is InChI=1S/C15H19N3O2/c1-11(19)14(9-17(2)3)12-5-6-15-16-13(10-20-4)8-18(15)7-12/h5-9H,10H2,1-4H3. The van der Waals surface area contributed by atoms with Crippen LogP contribution in [0.1, 0.15) is 18.2 Å². The second-order valence-electron chi connectivity index (χ2n) is 4.91. The molecule has 106 valence electrons. The molecular formula is C15H19N3O2. The predicted octanol–water partition coefficient (Wildman–Crippen LogP) is 1.97. The number of carbonyl (C=O) groups excluding carboxylic acids is 1. The minimum absolute atomic E-state index is 0.0373. The molecule has 0 aliphatic heterocycles. The summed E-state index contributed by atoms with van der Waals surface area (Å²) in [5.41, 5.74) is 3.26. The van der Waals surface area contributed by atoms with Crippen LogP contribution in [0.4, 0.5) is 0 Å². The van der Waals surface area contributed by atoms with Crippen molar-refractivity contribution in [3.8, 4) is 0 Å². The van der Waals surface area contributed by atoms with E-state index < -0.39 is 0 Å². The van der Waals surface area contributed by atoms with Gasteiger partial charge in [0, 0.05) is 50.9 Å². The van der Waals surface area contributed by atoms with Crippen molar-refractivity contribution in [3.63, 3.8) is 0 Å². The Morgan fingerprint density at radius 2 is 2.15 bits per heavy atom. The number of nitrogens with zero attached hydrogens (tertiary/aromatic N) is 3. The number of aromatic nitrogens is 2. The molecule has 0 aliphatic carbocycles. The second-order valence-corrected chi connectivity index (χ2v) is 4.91. The van der Waals surface area contributed by atoms with Crippen LogP contribution >= 0.6 is 0 Å². The molecule has 20 heavy (non-hydrogen) atoms. The second kappa shape index (κ2) is 5.88. The summed E-state index contributed by atoms with van der Waals surface area (Å²) in [6, 6.07) is 3.82. The molecule has 0 saturated heterocycles. The smallest absolute Gasteiger partial charge is 0.161 e. The monoisotopic (exact) mass is 273 g/mol. The number of ether oxygens (including phenoxy) is 1. The van der Waals surface area contributed by atoms with Gasteiger partial charge in [0.25, 0.3) is 0 Å². The van der Waals surface area contributed by atoms with Gasteiger partial charge in [-0.1, -0.05) is 0 Å². The van der Waals surface area contributed by atoms with Gasteiger partial charge in [-0.2, -0.15) is 0 Å². The van der Waals surface area contributed by atoms with E-state index in [0.29, 0.717) is 12.2 Å². The summed E-state index contributed by atoms with van der Waals surface area (Å²) in [6.07, 6.45) is 5.66. The summed E-state index contributed by atoms with van der Waals surface area (Å²) in [7, 11) is 5.44. The average molecular weight is 273 g/mol. The van der Waals surface area contributed by atoms with Crippen molar-refractivity contribution >= 4 is 17.0 Å². The van der Waals surface area contributed by atoms with Gasteiger partial charge in [0.15, 0.2) is 5.78 Å². The van der Waals surface area contributed by atoms with Crippen molar-refractivity contribution < 1.29 is 9.53 Å². The molecule has 0 saturated carbocycles. The lowest BCUT2D eigenvalue weighted by Gasteiger charge is -2.10. The minimum Gasteiger partial charge on any atom is -0.383 e. The maximum Gasteiger partial charge on any atom is 0.161 e. The Bertz CT molecular complexity index is 656. The van der Waals surface area contributed by atoms with E-state index in [-0.39, 0.29) is 5.78 Å². The fraction of sp³-hybridized carbons (Fsp3) is 0.333. The lowest BCUT2D eigenvalue weighted by atomic mass is 10.1. The topological polar surface area (TPSA) is 46.8 Å². The molecule has 2 heterocycles. The van der Waals surface area contributed by atoms with Gasteiger partial charge in [-0.15, -0.1) is 0 Å². The zero-order valence-corrected chi connectivity index (χ0v) is 12.3. The average Bonchev–Trinajstić information content (AvgIpc) is 2.77. The Morgan fingerprint density at radius 3 is 2.75 bits per heavy atom. The number of allylic oxidation sites excluding steroid dienone is 1. The van der Waals surface area contributed by atoms with Crippen LogP contribution in [0.15, 0.2) is 30.7 Å². The van der Waals surface area contributed by atoms with Gasteiger partial charge in [0.2, 0.25) is 0 Å². The van der Waals surface area contributed by atoms with Gasteiger partial charge >= 0.3 is 0 Å². The number of methoxy groups -OCH3 is 1. The number of hydrogen-bond acceptors (Lipinski definition) is 4. The number of ketones is 1. The van der Waals surface area contributed by atoms with Crippen molar-refractivity contribution in [2.24, 2.45) is 0 Å². The molecule has 2 aromatic heterocycles. The Morgan fingerprint density at radius 1 is 1.40 bits per heavy atom. The van der Waals surface area contributed by atoms with E-state index >= 15 is 0 Å². The van der Waals surface area contributed by atoms with Crippen LogP contribution in [0.25, 0.3) is 11.2 Å². The van der Waals surface area contributed by atoms with Crippen LogP contribution < -0.4 is 0 Å². The number of carbonyl (C=O) groups is 1. The minimum atomic E-state index is 0.0373. The fourth-order valence-corrected chi connectivity index (χ4v) is 2.05. The number of fused-ring (bicyclic) bond motifs is 1. The lowest BCUT2D eigenvalue weighted by Crippen LogP contribution is -2.07. The fourth-order valence-electron chi connectivity index (χ4n) is 2.05. The number of Topliss-reactive ketones (excluding diaryl/α,β-unsaturated/α-hetero) is 1. The zero-order valence-electron chi connectivity index (χ0n) is 12.3. The SMILES string of the molecule is COCc1cn2cc(C(=CN(C)C)C(C)=O)ccc2n1. The van der Waals surface area contributed by atoms with Crippen molar-refractivity contribution in [1.29, 1.82) is 0 Å². The van der Waals surface area contributed by atoms with E-state index in [1.54, 1.807) is 14.0 Å². The molecule has 0 spiro atoms. The van der Waals surface area contributed by atoms with Gasteiger partial charge < -0.3 is 14.0 Å². The quantitative estimate of drug-likeness (QED) is 0.781. The predicted molar refractivity (Wildman–Crippen MR) is 78.3 cm³/mol. The normalized spacial score (nSPS) is 11.9. The summed E-state index contributed by atoms with van der Waals surface area (Å²) >= 11 is 0. The van der Waals surface area contributed by atoms with Crippen molar-refractivity contribution in [2.45, 2.75) is 13.5 Å². The summed E-state index contributed by atoms with van der Waals surface area (Å²) in [6.45, 7) is 2.05. The Hall–Kier alpha value is -2.14. The van der Waals surface area contributed by atoms with Gasteiger partial charge in [-0.3, -0.25) is 4.79 Å². The van der Waals surface area contributed by atoms with Crippen molar-refractivity contribution in [3.05, 3.63) is 42.0 Å². The first-order valence-electron chi connectivity index (χ1n) is 6.37. The number of pyridine rings is 1. The first-order chi connectivity index (χ1) is 9.51. The van der Waals surface area contributed by atoms with Crippen LogP contribution in [-0.4, -0.2) is 41.3 Å². The molecule has 0 fully saturated rings. The number of imidazole rings is 1. The van der Waals surface area contributed by atoms with E-state index in [4.69, 9.17) is 4.74 Å². The molecule has 0 aliphatic rings.